The zero-order chi connectivity index (χ0) is 13.8. The van der Waals surface area contributed by atoms with E-state index in [1.54, 1.807) is 14.2 Å². The lowest BCUT2D eigenvalue weighted by Gasteiger charge is -2.27. The van der Waals surface area contributed by atoms with Gasteiger partial charge in [0.25, 0.3) is 0 Å². The maximum Gasteiger partial charge on any atom is 0.161 e. The van der Waals surface area contributed by atoms with E-state index in [1.807, 2.05) is 12.1 Å². The van der Waals surface area contributed by atoms with Gasteiger partial charge in [0.05, 0.1) is 14.2 Å². The standard InChI is InChI=1S/C15H24N2O2/c1-11-6-7-17(10-11)13(9-16)12-4-5-14(18-2)15(8-12)19-3/h4-5,8,11,13H,6-7,9-10,16H2,1-3H3. The van der Waals surface area contributed by atoms with Crippen LogP contribution in [0.3, 0.4) is 0 Å². The lowest BCUT2D eigenvalue weighted by molar-refractivity contribution is 0.243. The van der Waals surface area contributed by atoms with E-state index in [1.165, 1.54) is 12.0 Å². The minimum Gasteiger partial charge on any atom is -0.493 e. The lowest BCUT2D eigenvalue weighted by Crippen LogP contribution is -2.31. The zero-order valence-corrected chi connectivity index (χ0v) is 12.1. The minimum absolute atomic E-state index is 0.268. The van der Waals surface area contributed by atoms with Crippen molar-refractivity contribution in [3.8, 4) is 11.5 Å². The molecular weight excluding hydrogens is 240 g/mol. The summed E-state index contributed by atoms with van der Waals surface area (Å²) in [7, 11) is 3.32. The van der Waals surface area contributed by atoms with Gasteiger partial charge in [-0.25, -0.2) is 0 Å². The number of ether oxygens (including phenoxy) is 2. The van der Waals surface area contributed by atoms with Gasteiger partial charge in [-0.1, -0.05) is 13.0 Å². The van der Waals surface area contributed by atoms with Gasteiger partial charge in [-0.2, -0.15) is 0 Å². The molecule has 106 valence electrons. The zero-order valence-electron chi connectivity index (χ0n) is 12.1. The molecular formula is C15H24N2O2. The molecule has 1 fully saturated rings. The van der Waals surface area contributed by atoms with Gasteiger partial charge in [-0.3, -0.25) is 4.90 Å². The molecule has 19 heavy (non-hydrogen) atoms. The number of rotatable bonds is 5. The van der Waals surface area contributed by atoms with Crippen molar-refractivity contribution in [2.45, 2.75) is 19.4 Å². The molecule has 1 aliphatic rings. The molecule has 0 radical (unpaired) electrons. The van der Waals surface area contributed by atoms with Crippen molar-refractivity contribution in [2.75, 3.05) is 33.9 Å². The van der Waals surface area contributed by atoms with Gasteiger partial charge in [-0.05, 0) is 36.6 Å². The van der Waals surface area contributed by atoms with E-state index in [4.69, 9.17) is 15.2 Å². The maximum atomic E-state index is 5.98. The molecule has 2 N–H and O–H groups in total. The van der Waals surface area contributed by atoms with Crippen molar-refractivity contribution in [3.63, 3.8) is 0 Å². The van der Waals surface area contributed by atoms with Crippen molar-refractivity contribution in [2.24, 2.45) is 11.7 Å². The molecule has 2 unspecified atom stereocenters. The number of nitrogens with zero attached hydrogens (tertiary/aromatic N) is 1. The molecule has 1 saturated heterocycles. The fourth-order valence-electron chi connectivity index (χ4n) is 2.81. The summed E-state index contributed by atoms with van der Waals surface area (Å²) in [6, 6.07) is 6.35. The number of likely N-dealkylation sites (tertiary alicyclic amines) is 1. The van der Waals surface area contributed by atoms with Crippen LogP contribution in [0.2, 0.25) is 0 Å². The molecule has 0 aromatic heterocycles. The van der Waals surface area contributed by atoms with Crippen molar-refractivity contribution in [1.29, 1.82) is 0 Å². The van der Waals surface area contributed by atoms with Crippen molar-refractivity contribution < 1.29 is 9.47 Å². The number of nitrogens with two attached hydrogens (primary N) is 1. The lowest BCUT2D eigenvalue weighted by atomic mass is 10.0. The van der Waals surface area contributed by atoms with Gasteiger partial charge < -0.3 is 15.2 Å². The number of benzene rings is 1. The van der Waals surface area contributed by atoms with Crippen molar-refractivity contribution in [1.82, 2.24) is 4.90 Å². The molecule has 1 aromatic rings. The Labute approximate surface area is 115 Å². The molecule has 0 amide bonds. The molecule has 1 heterocycles. The molecule has 1 aliphatic heterocycles. The highest BCUT2D eigenvalue weighted by molar-refractivity contribution is 5.44. The first-order valence-corrected chi connectivity index (χ1v) is 6.85. The SMILES string of the molecule is COc1ccc(C(CN)N2CCC(C)C2)cc1OC. The Balaban J connectivity index is 2.23. The highest BCUT2D eigenvalue weighted by atomic mass is 16.5. The third-order valence-corrected chi connectivity index (χ3v) is 3.91. The summed E-state index contributed by atoms with van der Waals surface area (Å²) in [5.74, 6) is 2.29. The molecule has 0 bridgehead atoms. The van der Waals surface area contributed by atoms with Gasteiger partial charge in [0.15, 0.2) is 11.5 Å². The molecule has 0 spiro atoms. The van der Waals surface area contributed by atoms with E-state index in [-0.39, 0.29) is 6.04 Å². The van der Waals surface area contributed by atoms with E-state index >= 15 is 0 Å². The normalized spacial score (nSPS) is 21.4. The predicted octanol–water partition coefficient (Wildman–Crippen LogP) is 2.05. The predicted molar refractivity (Wildman–Crippen MR) is 76.7 cm³/mol. The van der Waals surface area contributed by atoms with Crippen molar-refractivity contribution >= 4 is 0 Å². The molecule has 1 aromatic carbocycles. The van der Waals surface area contributed by atoms with Crippen LogP contribution in [0.15, 0.2) is 18.2 Å². The quantitative estimate of drug-likeness (QED) is 0.884. The van der Waals surface area contributed by atoms with Crippen LogP contribution < -0.4 is 15.2 Å². The van der Waals surface area contributed by atoms with Crippen LogP contribution >= 0.6 is 0 Å². The Hall–Kier alpha value is -1.26. The van der Waals surface area contributed by atoms with Crippen LogP contribution in [0.25, 0.3) is 0 Å². The Morgan fingerprint density at radius 3 is 2.58 bits per heavy atom. The topological polar surface area (TPSA) is 47.7 Å². The Bertz CT molecular complexity index is 423. The first kappa shape index (κ1) is 14.2. The third kappa shape index (κ3) is 3.01. The highest BCUT2D eigenvalue weighted by Crippen LogP contribution is 2.33. The average Bonchev–Trinajstić information content (AvgIpc) is 2.86. The van der Waals surface area contributed by atoms with E-state index in [2.05, 4.69) is 17.9 Å². The largest absolute Gasteiger partial charge is 0.493 e. The molecule has 2 atom stereocenters. The molecule has 4 heteroatoms. The van der Waals surface area contributed by atoms with Crippen LogP contribution in [-0.2, 0) is 0 Å². The molecule has 0 saturated carbocycles. The van der Waals surface area contributed by atoms with Gasteiger partial charge in [0, 0.05) is 19.1 Å². The van der Waals surface area contributed by atoms with E-state index in [9.17, 15) is 0 Å². The van der Waals surface area contributed by atoms with Gasteiger partial charge >= 0.3 is 0 Å². The average molecular weight is 264 g/mol. The first-order chi connectivity index (χ1) is 9.19. The molecule has 4 nitrogen and oxygen atoms in total. The van der Waals surface area contributed by atoms with Crippen LogP contribution in [0, 0.1) is 5.92 Å². The summed E-state index contributed by atoms with van der Waals surface area (Å²) in [4.78, 5) is 2.46. The summed E-state index contributed by atoms with van der Waals surface area (Å²) in [5.41, 5.74) is 7.18. The summed E-state index contributed by atoms with van der Waals surface area (Å²) in [6.07, 6.45) is 1.25. The maximum absolute atomic E-state index is 5.98. The molecule has 0 aliphatic carbocycles. The van der Waals surface area contributed by atoms with Gasteiger partial charge in [0.1, 0.15) is 0 Å². The highest BCUT2D eigenvalue weighted by Gasteiger charge is 2.26. The van der Waals surface area contributed by atoms with Crippen LogP contribution in [0.1, 0.15) is 24.9 Å². The fraction of sp³-hybridized carbons (Fsp3) is 0.600. The van der Waals surface area contributed by atoms with E-state index in [0.717, 1.165) is 30.5 Å². The fourth-order valence-corrected chi connectivity index (χ4v) is 2.81. The minimum atomic E-state index is 0.268. The van der Waals surface area contributed by atoms with Gasteiger partial charge in [0.2, 0.25) is 0 Å². The smallest absolute Gasteiger partial charge is 0.161 e. The number of hydrogen-bond donors (Lipinski definition) is 1. The molecule has 2 rings (SSSR count). The summed E-state index contributed by atoms with van der Waals surface area (Å²) < 4.78 is 10.6. The van der Waals surface area contributed by atoms with Gasteiger partial charge in [-0.15, -0.1) is 0 Å². The number of hydrogen-bond acceptors (Lipinski definition) is 4. The summed E-state index contributed by atoms with van der Waals surface area (Å²) in [6.45, 7) is 5.16. The van der Waals surface area contributed by atoms with Crippen molar-refractivity contribution in [3.05, 3.63) is 23.8 Å². The second-order valence-electron chi connectivity index (χ2n) is 5.25. The second kappa shape index (κ2) is 6.26. The Morgan fingerprint density at radius 1 is 1.32 bits per heavy atom. The van der Waals surface area contributed by atoms with E-state index in [0.29, 0.717) is 6.54 Å². The van der Waals surface area contributed by atoms with Crippen LogP contribution in [0.4, 0.5) is 0 Å². The Morgan fingerprint density at radius 2 is 2.05 bits per heavy atom. The summed E-state index contributed by atoms with van der Waals surface area (Å²) >= 11 is 0. The number of methoxy groups -OCH3 is 2. The monoisotopic (exact) mass is 264 g/mol. The van der Waals surface area contributed by atoms with Crippen LogP contribution in [0.5, 0.6) is 11.5 Å². The second-order valence-corrected chi connectivity index (χ2v) is 5.25. The Kier molecular flexibility index (Phi) is 4.66. The van der Waals surface area contributed by atoms with E-state index < -0.39 is 0 Å². The first-order valence-electron chi connectivity index (χ1n) is 6.85. The summed E-state index contributed by atoms with van der Waals surface area (Å²) in [5, 5.41) is 0. The van der Waals surface area contributed by atoms with Crippen LogP contribution in [-0.4, -0.2) is 38.8 Å². The third-order valence-electron chi connectivity index (χ3n) is 3.91.